The molecule has 0 bridgehead atoms. The maximum Gasteiger partial charge on any atom is 0.0669 e. The van der Waals surface area contributed by atoms with Gasteiger partial charge in [-0.1, -0.05) is 48.5 Å². The molecular formula is C14H11N. The van der Waals surface area contributed by atoms with Crippen molar-refractivity contribution in [2.45, 2.75) is 6.42 Å². The van der Waals surface area contributed by atoms with Crippen molar-refractivity contribution in [3.63, 3.8) is 0 Å². The molecule has 0 aromatic heterocycles. The Balaban J connectivity index is 2.02. The van der Waals surface area contributed by atoms with Gasteiger partial charge in [0, 0.05) is 6.42 Å². The van der Waals surface area contributed by atoms with E-state index in [0.717, 1.165) is 12.1 Å². The lowest BCUT2D eigenvalue weighted by molar-refractivity contribution is 1.39. The smallest absolute Gasteiger partial charge is 0.0669 e. The summed E-state index contributed by atoms with van der Waals surface area (Å²) in [6.07, 6.45) is 0.959. The van der Waals surface area contributed by atoms with Crippen molar-refractivity contribution in [3.8, 4) is 0 Å². The summed E-state index contributed by atoms with van der Waals surface area (Å²) in [6.45, 7) is 0. The van der Waals surface area contributed by atoms with Crippen molar-refractivity contribution in [1.82, 2.24) is 0 Å². The molecule has 0 spiro atoms. The first-order chi connectivity index (χ1) is 7.43. The normalized spacial score (nSPS) is 13.5. The van der Waals surface area contributed by atoms with Crippen LogP contribution in [0.1, 0.15) is 11.1 Å². The van der Waals surface area contributed by atoms with Gasteiger partial charge in [0.05, 0.1) is 11.4 Å². The van der Waals surface area contributed by atoms with Gasteiger partial charge < -0.3 is 0 Å². The van der Waals surface area contributed by atoms with Crippen LogP contribution in [-0.4, -0.2) is 5.71 Å². The molecule has 0 amide bonds. The molecular weight excluding hydrogens is 182 g/mol. The minimum absolute atomic E-state index is 0.959. The van der Waals surface area contributed by atoms with Crippen LogP contribution < -0.4 is 0 Å². The molecule has 0 saturated carbocycles. The van der Waals surface area contributed by atoms with E-state index in [9.17, 15) is 0 Å². The highest BCUT2D eigenvalue weighted by molar-refractivity contribution is 6.06. The first-order valence-electron chi connectivity index (χ1n) is 5.14. The van der Waals surface area contributed by atoms with E-state index >= 15 is 0 Å². The maximum absolute atomic E-state index is 4.64. The monoisotopic (exact) mass is 193 g/mol. The number of benzene rings is 2. The topological polar surface area (TPSA) is 12.4 Å². The molecule has 15 heavy (non-hydrogen) atoms. The fourth-order valence-corrected chi connectivity index (χ4v) is 1.93. The molecule has 2 aromatic carbocycles. The van der Waals surface area contributed by atoms with Gasteiger partial charge in [-0.3, -0.25) is 4.99 Å². The van der Waals surface area contributed by atoms with E-state index in [4.69, 9.17) is 0 Å². The van der Waals surface area contributed by atoms with E-state index in [2.05, 4.69) is 47.5 Å². The summed E-state index contributed by atoms with van der Waals surface area (Å²) in [5.41, 5.74) is 4.86. The number of nitrogens with zero attached hydrogens (tertiary/aromatic N) is 1. The van der Waals surface area contributed by atoms with Gasteiger partial charge in [-0.25, -0.2) is 0 Å². The average molecular weight is 193 g/mol. The van der Waals surface area contributed by atoms with Gasteiger partial charge in [0.2, 0.25) is 0 Å². The molecule has 0 radical (unpaired) electrons. The summed E-state index contributed by atoms with van der Waals surface area (Å²) < 4.78 is 0. The van der Waals surface area contributed by atoms with Crippen LogP contribution in [0.15, 0.2) is 59.6 Å². The zero-order valence-corrected chi connectivity index (χ0v) is 8.35. The van der Waals surface area contributed by atoms with Gasteiger partial charge >= 0.3 is 0 Å². The van der Waals surface area contributed by atoms with Crippen LogP contribution in [0.4, 0.5) is 5.69 Å². The molecule has 1 aliphatic heterocycles. The molecule has 0 N–H and O–H groups in total. The molecule has 1 nitrogen and oxygen atoms in total. The Kier molecular flexibility index (Phi) is 1.88. The van der Waals surface area contributed by atoms with Crippen LogP contribution in [0.2, 0.25) is 0 Å². The Hall–Kier alpha value is -1.89. The molecule has 0 fully saturated rings. The van der Waals surface area contributed by atoms with Crippen LogP contribution in [0.5, 0.6) is 0 Å². The summed E-state index contributed by atoms with van der Waals surface area (Å²) in [5.74, 6) is 0. The summed E-state index contributed by atoms with van der Waals surface area (Å²) in [6, 6.07) is 18.7. The van der Waals surface area contributed by atoms with Crippen molar-refractivity contribution in [3.05, 3.63) is 65.7 Å². The quantitative estimate of drug-likeness (QED) is 0.658. The van der Waals surface area contributed by atoms with Crippen LogP contribution in [0, 0.1) is 0 Å². The summed E-state index contributed by atoms with van der Waals surface area (Å²) in [4.78, 5) is 4.64. The molecule has 0 aliphatic carbocycles. The molecule has 0 unspecified atom stereocenters. The Morgan fingerprint density at radius 3 is 2.33 bits per heavy atom. The van der Waals surface area contributed by atoms with Crippen molar-refractivity contribution in [2.24, 2.45) is 4.99 Å². The number of fused-ring (bicyclic) bond motifs is 1. The molecule has 3 rings (SSSR count). The predicted molar refractivity (Wildman–Crippen MR) is 62.8 cm³/mol. The molecule has 1 heteroatoms. The van der Waals surface area contributed by atoms with Gasteiger partial charge in [-0.2, -0.15) is 0 Å². The van der Waals surface area contributed by atoms with Crippen LogP contribution in [0.25, 0.3) is 0 Å². The Bertz CT molecular complexity index is 512. The average Bonchev–Trinajstić information content (AvgIpc) is 2.74. The number of para-hydroxylation sites is 1. The maximum atomic E-state index is 4.64. The van der Waals surface area contributed by atoms with Gasteiger partial charge in [0.25, 0.3) is 0 Å². The zero-order valence-electron chi connectivity index (χ0n) is 8.35. The van der Waals surface area contributed by atoms with E-state index < -0.39 is 0 Å². The molecule has 0 atom stereocenters. The molecule has 2 aromatic rings. The van der Waals surface area contributed by atoms with E-state index in [0.29, 0.717) is 0 Å². The lowest BCUT2D eigenvalue weighted by Gasteiger charge is -1.98. The summed E-state index contributed by atoms with van der Waals surface area (Å²) in [5, 5.41) is 0. The van der Waals surface area contributed by atoms with Crippen LogP contribution >= 0.6 is 0 Å². The van der Waals surface area contributed by atoms with Gasteiger partial charge in [-0.05, 0) is 17.2 Å². The first kappa shape index (κ1) is 8.42. The zero-order chi connectivity index (χ0) is 10.1. The van der Waals surface area contributed by atoms with Crippen molar-refractivity contribution in [1.29, 1.82) is 0 Å². The second-order valence-electron chi connectivity index (χ2n) is 3.73. The predicted octanol–water partition coefficient (Wildman–Crippen LogP) is 3.36. The largest absolute Gasteiger partial charge is 0.252 e. The third kappa shape index (κ3) is 1.46. The SMILES string of the molecule is c1ccc(C2=Nc3ccccc3C2)cc1. The fourth-order valence-electron chi connectivity index (χ4n) is 1.93. The van der Waals surface area contributed by atoms with Crippen molar-refractivity contribution >= 4 is 11.4 Å². The number of aliphatic imine (C=N–C) groups is 1. The van der Waals surface area contributed by atoms with Crippen molar-refractivity contribution < 1.29 is 0 Å². The standard InChI is InChI=1S/C14H11N/c1-2-6-11(7-3-1)14-10-12-8-4-5-9-13(12)15-14/h1-9H,10H2. The molecule has 72 valence electrons. The first-order valence-corrected chi connectivity index (χ1v) is 5.14. The Morgan fingerprint density at radius 2 is 1.53 bits per heavy atom. The van der Waals surface area contributed by atoms with E-state index in [1.54, 1.807) is 0 Å². The van der Waals surface area contributed by atoms with E-state index in [1.165, 1.54) is 16.8 Å². The van der Waals surface area contributed by atoms with Gasteiger partial charge in [0.1, 0.15) is 0 Å². The molecule has 1 heterocycles. The molecule has 0 saturated heterocycles. The summed E-state index contributed by atoms with van der Waals surface area (Å²) >= 11 is 0. The minimum atomic E-state index is 0.959. The van der Waals surface area contributed by atoms with Crippen molar-refractivity contribution in [2.75, 3.05) is 0 Å². The number of hydrogen-bond donors (Lipinski definition) is 0. The highest BCUT2D eigenvalue weighted by Crippen LogP contribution is 2.27. The highest BCUT2D eigenvalue weighted by Gasteiger charge is 2.14. The minimum Gasteiger partial charge on any atom is -0.252 e. The lowest BCUT2D eigenvalue weighted by Crippen LogP contribution is -1.99. The fraction of sp³-hybridized carbons (Fsp3) is 0.0714. The number of rotatable bonds is 1. The van der Waals surface area contributed by atoms with Crippen LogP contribution in [0.3, 0.4) is 0 Å². The second-order valence-corrected chi connectivity index (χ2v) is 3.73. The molecule has 1 aliphatic rings. The van der Waals surface area contributed by atoms with Gasteiger partial charge in [0.15, 0.2) is 0 Å². The highest BCUT2D eigenvalue weighted by atomic mass is 14.8. The van der Waals surface area contributed by atoms with E-state index in [1.807, 2.05) is 12.1 Å². The Labute approximate surface area is 89.1 Å². The summed E-state index contributed by atoms with van der Waals surface area (Å²) in [7, 11) is 0. The van der Waals surface area contributed by atoms with Crippen LogP contribution in [-0.2, 0) is 6.42 Å². The second kappa shape index (κ2) is 3.35. The third-order valence-electron chi connectivity index (χ3n) is 2.71. The lowest BCUT2D eigenvalue weighted by atomic mass is 10.0. The van der Waals surface area contributed by atoms with Gasteiger partial charge in [-0.15, -0.1) is 0 Å². The Morgan fingerprint density at radius 1 is 0.800 bits per heavy atom. The van der Waals surface area contributed by atoms with E-state index in [-0.39, 0.29) is 0 Å². The third-order valence-corrected chi connectivity index (χ3v) is 2.71. The number of hydrogen-bond acceptors (Lipinski definition) is 1.